The van der Waals surface area contributed by atoms with Crippen molar-refractivity contribution in [2.24, 2.45) is 5.73 Å². The lowest BCUT2D eigenvalue weighted by atomic mass is 10.7. The van der Waals surface area contributed by atoms with E-state index >= 15 is 0 Å². The van der Waals surface area contributed by atoms with E-state index in [9.17, 15) is 13.2 Å². The second-order valence-corrected chi connectivity index (χ2v) is 2.62. The maximum absolute atomic E-state index is 11.4. The first kappa shape index (κ1) is 13.5. The molecule has 0 aliphatic rings. The van der Waals surface area contributed by atoms with Gasteiger partial charge in [-0.2, -0.15) is 13.2 Å². The molecule has 0 fully saturated rings. The van der Waals surface area contributed by atoms with Crippen molar-refractivity contribution in [2.75, 3.05) is 11.5 Å². The van der Waals surface area contributed by atoms with E-state index in [1.165, 1.54) is 0 Å². The molecule has 0 aromatic rings. The predicted octanol–water partition coefficient (Wildman–Crippen LogP) is 1.64. The van der Waals surface area contributed by atoms with Crippen molar-refractivity contribution in [1.82, 2.24) is 0 Å². The molecule has 0 radical (unpaired) electrons. The first-order chi connectivity index (χ1) is 4.42. The number of nitrogens with two attached hydrogens (primary N) is 1. The summed E-state index contributed by atoms with van der Waals surface area (Å²) in [6.07, 6.45) is -4.15. The van der Waals surface area contributed by atoms with Gasteiger partial charge in [0.15, 0.2) is 0 Å². The van der Waals surface area contributed by atoms with Crippen molar-refractivity contribution in [1.29, 1.82) is 5.41 Å². The Kier molecular flexibility index (Phi) is 6.79. The monoisotopic (exact) mass is 208 g/mol. The molecule has 0 saturated heterocycles. The van der Waals surface area contributed by atoms with Crippen molar-refractivity contribution in [2.45, 2.75) is 6.18 Å². The summed E-state index contributed by atoms with van der Waals surface area (Å²) in [4.78, 5) is 0. The van der Waals surface area contributed by atoms with Gasteiger partial charge in [0.05, 0.1) is 11.5 Å². The van der Waals surface area contributed by atoms with Crippen LogP contribution in [0.1, 0.15) is 0 Å². The summed E-state index contributed by atoms with van der Waals surface area (Å²) in [5.74, 6) is -1.22. The lowest BCUT2D eigenvalue weighted by Gasteiger charge is -2.03. The second-order valence-electron chi connectivity index (χ2n) is 1.63. The third kappa shape index (κ3) is 13.0. The molecule has 0 spiro atoms. The predicted molar refractivity (Wildman–Crippen MR) is 42.5 cm³/mol. The molecular formula is C4H8ClF3N2S. The van der Waals surface area contributed by atoms with Crippen LogP contribution in [0.2, 0.25) is 0 Å². The molecule has 0 atom stereocenters. The fraction of sp³-hybridized carbons (Fsp3) is 0.750. The summed E-state index contributed by atoms with van der Waals surface area (Å²) in [5, 5.41) is 6.59. The lowest BCUT2D eigenvalue weighted by Crippen LogP contribution is -2.17. The van der Waals surface area contributed by atoms with Gasteiger partial charge in [0.1, 0.15) is 5.84 Å². The van der Waals surface area contributed by atoms with E-state index < -0.39 is 11.9 Å². The van der Waals surface area contributed by atoms with E-state index in [0.717, 1.165) is 0 Å². The quantitative estimate of drug-likeness (QED) is 0.547. The Morgan fingerprint density at radius 1 is 1.45 bits per heavy atom. The Balaban J connectivity index is 0. The third-order valence-corrected chi connectivity index (χ3v) is 1.57. The largest absolute Gasteiger partial charge is 0.397 e. The number of hydrogen-bond acceptors (Lipinski definition) is 2. The molecule has 0 saturated carbocycles. The molecule has 7 heteroatoms. The molecular weight excluding hydrogens is 201 g/mol. The van der Waals surface area contributed by atoms with Crippen LogP contribution in [0.5, 0.6) is 0 Å². The van der Waals surface area contributed by atoms with Gasteiger partial charge in [-0.25, -0.2) is 0 Å². The minimum absolute atomic E-state index is 0. The van der Waals surface area contributed by atoms with Gasteiger partial charge in [0.2, 0.25) is 0 Å². The Bertz CT molecular complexity index is 127. The Labute approximate surface area is 72.6 Å². The van der Waals surface area contributed by atoms with Crippen molar-refractivity contribution < 1.29 is 13.2 Å². The average molecular weight is 209 g/mol. The number of halogens is 4. The Hall–Kier alpha value is -0.100. The van der Waals surface area contributed by atoms with Crippen LogP contribution in [0.25, 0.3) is 0 Å². The molecule has 68 valence electrons. The van der Waals surface area contributed by atoms with Crippen LogP contribution in [0.15, 0.2) is 0 Å². The molecule has 0 aromatic heterocycles. The summed E-state index contributed by atoms with van der Waals surface area (Å²) in [6.45, 7) is 0. The SMILES string of the molecule is Cl.N=C(N)CSCC(F)(F)F. The Morgan fingerprint density at radius 3 is 2.18 bits per heavy atom. The average Bonchev–Trinajstić information content (AvgIpc) is 1.59. The summed E-state index contributed by atoms with van der Waals surface area (Å²) in [6, 6.07) is 0. The number of nitrogens with one attached hydrogen (secondary N) is 1. The molecule has 0 aliphatic carbocycles. The van der Waals surface area contributed by atoms with Crippen LogP contribution in [0.3, 0.4) is 0 Å². The molecule has 11 heavy (non-hydrogen) atoms. The number of alkyl halides is 3. The summed E-state index contributed by atoms with van der Waals surface area (Å²) >= 11 is 0.594. The summed E-state index contributed by atoms with van der Waals surface area (Å²) in [5.41, 5.74) is 4.82. The van der Waals surface area contributed by atoms with Gasteiger partial charge in [-0.1, -0.05) is 0 Å². The van der Waals surface area contributed by atoms with Crippen LogP contribution in [-0.4, -0.2) is 23.5 Å². The molecule has 3 N–H and O–H groups in total. The summed E-state index contributed by atoms with van der Waals surface area (Å²) < 4.78 is 34.1. The first-order valence-corrected chi connectivity index (χ1v) is 3.54. The van der Waals surface area contributed by atoms with Crippen LogP contribution < -0.4 is 5.73 Å². The minimum Gasteiger partial charge on any atom is -0.387 e. The van der Waals surface area contributed by atoms with Gasteiger partial charge >= 0.3 is 6.18 Å². The van der Waals surface area contributed by atoms with Crippen molar-refractivity contribution in [3.8, 4) is 0 Å². The molecule has 0 bridgehead atoms. The van der Waals surface area contributed by atoms with Crippen molar-refractivity contribution in [3.63, 3.8) is 0 Å². The normalized spacial score (nSPS) is 10.5. The van der Waals surface area contributed by atoms with E-state index in [1.807, 2.05) is 0 Å². The zero-order valence-corrected chi connectivity index (χ0v) is 7.07. The number of rotatable bonds is 3. The highest BCUT2D eigenvalue weighted by Gasteiger charge is 2.26. The van der Waals surface area contributed by atoms with Gasteiger partial charge in [0.25, 0.3) is 0 Å². The zero-order valence-electron chi connectivity index (χ0n) is 5.44. The lowest BCUT2D eigenvalue weighted by molar-refractivity contribution is -0.105. The molecule has 2 nitrogen and oxygen atoms in total. The van der Waals surface area contributed by atoms with Gasteiger partial charge in [-0.3, -0.25) is 5.41 Å². The molecule has 0 rings (SSSR count). The second kappa shape index (κ2) is 5.54. The highest BCUT2D eigenvalue weighted by Crippen LogP contribution is 2.20. The topological polar surface area (TPSA) is 49.9 Å². The highest BCUT2D eigenvalue weighted by atomic mass is 35.5. The smallest absolute Gasteiger partial charge is 0.387 e. The van der Waals surface area contributed by atoms with Crippen molar-refractivity contribution in [3.05, 3.63) is 0 Å². The standard InChI is InChI=1S/C4H7F3N2S.ClH/c5-4(6,7)2-10-1-3(8)9;/h1-2H2,(H3,8,9);1H. The molecule has 0 aliphatic heterocycles. The number of hydrogen-bond donors (Lipinski definition) is 2. The maximum atomic E-state index is 11.4. The van der Waals surface area contributed by atoms with Crippen LogP contribution in [0.4, 0.5) is 13.2 Å². The third-order valence-electron chi connectivity index (χ3n) is 0.523. The number of thioether (sulfide) groups is 1. The fourth-order valence-corrected chi connectivity index (χ4v) is 0.830. The van der Waals surface area contributed by atoms with Crippen LogP contribution >= 0.6 is 24.2 Å². The Morgan fingerprint density at radius 2 is 1.91 bits per heavy atom. The number of amidine groups is 1. The van der Waals surface area contributed by atoms with E-state index in [0.29, 0.717) is 11.8 Å². The van der Waals surface area contributed by atoms with E-state index in [2.05, 4.69) is 0 Å². The van der Waals surface area contributed by atoms with Crippen LogP contribution in [0, 0.1) is 5.41 Å². The molecule has 0 amide bonds. The molecule has 0 heterocycles. The zero-order chi connectivity index (χ0) is 8.20. The highest BCUT2D eigenvalue weighted by molar-refractivity contribution is 8.00. The van der Waals surface area contributed by atoms with Crippen LogP contribution in [-0.2, 0) is 0 Å². The van der Waals surface area contributed by atoms with E-state index in [-0.39, 0.29) is 24.0 Å². The van der Waals surface area contributed by atoms with Crippen molar-refractivity contribution >= 4 is 30.0 Å². The van der Waals surface area contributed by atoms with Gasteiger partial charge in [0, 0.05) is 0 Å². The summed E-state index contributed by atoms with van der Waals surface area (Å²) in [7, 11) is 0. The molecule has 0 unspecified atom stereocenters. The van der Waals surface area contributed by atoms with Gasteiger partial charge in [-0.05, 0) is 0 Å². The first-order valence-electron chi connectivity index (χ1n) is 2.39. The van der Waals surface area contributed by atoms with Gasteiger partial charge in [-0.15, -0.1) is 24.2 Å². The minimum atomic E-state index is -4.15. The maximum Gasteiger partial charge on any atom is 0.397 e. The molecule has 0 aromatic carbocycles. The fourth-order valence-electron chi connectivity index (χ4n) is 0.277. The van der Waals surface area contributed by atoms with E-state index in [4.69, 9.17) is 11.1 Å². The van der Waals surface area contributed by atoms with E-state index in [1.54, 1.807) is 0 Å². The van der Waals surface area contributed by atoms with Gasteiger partial charge < -0.3 is 5.73 Å².